The third-order valence-electron chi connectivity index (χ3n) is 9.24. The molecule has 13 atom stereocenters. The SMILES string of the molecule is C=CCO[C@]1(C)C[C@@H](C)NC(=O)[C@H](C)[C@H](O)[C@@](C)(O)[C@@H](CC)OC(=O)[C@H](C)C(=O)[C@H](C)[C@H]1O[C@@H]1O[C@H](C)C[C@H](N(C)C)[C@H]1O. The van der Waals surface area contributed by atoms with E-state index in [-0.39, 0.29) is 31.6 Å². The molecule has 2 aliphatic heterocycles. The molecule has 4 N–H and O–H groups in total. The Hall–Kier alpha value is -1.93. The molecule has 2 saturated heterocycles. The summed E-state index contributed by atoms with van der Waals surface area (Å²) in [6.45, 7) is 16.7. The molecular formula is C32H56N2O10. The molecule has 1 amide bonds. The van der Waals surface area contributed by atoms with Crippen molar-refractivity contribution in [3.05, 3.63) is 12.7 Å². The lowest BCUT2D eigenvalue weighted by Crippen LogP contribution is -2.60. The van der Waals surface area contributed by atoms with Gasteiger partial charge in [-0.1, -0.05) is 26.8 Å². The second kappa shape index (κ2) is 15.6. The fourth-order valence-corrected chi connectivity index (χ4v) is 6.49. The molecule has 254 valence electrons. The number of aliphatic hydroxyl groups excluding tert-OH is 2. The molecule has 0 aliphatic carbocycles. The Morgan fingerprint density at radius 3 is 2.25 bits per heavy atom. The van der Waals surface area contributed by atoms with Crippen LogP contribution in [0, 0.1) is 17.8 Å². The van der Waals surface area contributed by atoms with E-state index in [0.29, 0.717) is 6.42 Å². The van der Waals surface area contributed by atoms with Gasteiger partial charge in [0.05, 0.1) is 36.4 Å². The molecule has 0 bridgehead atoms. The molecule has 12 nitrogen and oxygen atoms in total. The lowest BCUT2D eigenvalue weighted by molar-refractivity contribution is -0.296. The molecule has 2 rings (SSSR count). The summed E-state index contributed by atoms with van der Waals surface area (Å²) < 4.78 is 24.5. The number of nitrogens with one attached hydrogen (secondary N) is 1. The van der Waals surface area contributed by atoms with Crippen LogP contribution in [-0.4, -0.2) is 119 Å². The first kappa shape index (κ1) is 38.3. The Balaban J connectivity index is 2.66. The number of esters is 1. The smallest absolute Gasteiger partial charge is 0.316 e. The first-order valence-corrected chi connectivity index (χ1v) is 15.7. The highest BCUT2D eigenvalue weighted by Crippen LogP contribution is 2.36. The lowest BCUT2D eigenvalue weighted by atomic mass is 9.79. The Bertz CT molecular complexity index is 1010. The largest absolute Gasteiger partial charge is 0.459 e. The maximum Gasteiger partial charge on any atom is 0.316 e. The topological polar surface area (TPSA) is 164 Å². The molecule has 0 radical (unpaired) electrons. The van der Waals surface area contributed by atoms with Crippen LogP contribution in [0.5, 0.6) is 0 Å². The number of cyclic esters (lactones) is 1. The van der Waals surface area contributed by atoms with Crippen LogP contribution in [-0.2, 0) is 33.3 Å². The normalized spacial score (nSPS) is 43.5. The van der Waals surface area contributed by atoms with Crippen molar-refractivity contribution in [1.29, 1.82) is 0 Å². The minimum atomic E-state index is -1.99. The minimum Gasteiger partial charge on any atom is -0.459 e. The van der Waals surface area contributed by atoms with Crippen LogP contribution in [0.3, 0.4) is 0 Å². The number of ketones is 1. The molecule has 2 aliphatic rings. The number of likely N-dealkylation sites (N-methyl/N-ethyl adjacent to an activating group) is 1. The number of carbonyl (C=O) groups is 3. The molecule has 2 heterocycles. The fraction of sp³-hybridized carbons (Fsp3) is 0.844. The number of amides is 1. The van der Waals surface area contributed by atoms with Gasteiger partial charge in [-0.15, -0.1) is 6.58 Å². The summed E-state index contributed by atoms with van der Waals surface area (Å²) in [5.74, 6) is -5.25. The second-order valence-electron chi connectivity index (χ2n) is 13.4. The molecule has 0 aromatic rings. The van der Waals surface area contributed by atoms with Crippen molar-refractivity contribution in [3.63, 3.8) is 0 Å². The van der Waals surface area contributed by atoms with Crippen LogP contribution in [0.2, 0.25) is 0 Å². The van der Waals surface area contributed by atoms with E-state index in [0.717, 1.165) is 0 Å². The third-order valence-corrected chi connectivity index (χ3v) is 9.24. The van der Waals surface area contributed by atoms with Crippen LogP contribution in [0.15, 0.2) is 12.7 Å². The van der Waals surface area contributed by atoms with E-state index in [1.807, 2.05) is 25.9 Å². The summed E-state index contributed by atoms with van der Waals surface area (Å²) in [6, 6.07) is -0.838. The van der Waals surface area contributed by atoms with E-state index in [9.17, 15) is 29.7 Å². The Labute approximate surface area is 262 Å². The van der Waals surface area contributed by atoms with Crippen molar-refractivity contribution >= 4 is 17.7 Å². The van der Waals surface area contributed by atoms with Gasteiger partial charge in [-0.05, 0) is 68.0 Å². The van der Waals surface area contributed by atoms with E-state index < -0.39 is 83.4 Å². The second-order valence-corrected chi connectivity index (χ2v) is 13.4. The van der Waals surface area contributed by atoms with Crippen LogP contribution < -0.4 is 5.32 Å². The summed E-state index contributed by atoms with van der Waals surface area (Å²) in [4.78, 5) is 42.5. The third kappa shape index (κ3) is 8.65. The van der Waals surface area contributed by atoms with Crippen LogP contribution in [0.25, 0.3) is 0 Å². The van der Waals surface area contributed by atoms with E-state index >= 15 is 0 Å². The maximum absolute atomic E-state index is 14.0. The number of aliphatic hydroxyl groups is 3. The van der Waals surface area contributed by atoms with Gasteiger partial charge in [0.15, 0.2) is 12.1 Å². The lowest BCUT2D eigenvalue weighted by Gasteiger charge is -2.47. The maximum atomic E-state index is 14.0. The molecular weight excluding hydrogens is 572 g/mol. The zero-order valence-corrected chi connectivity index (χ0v) is 28.1. The van der Waals surface area contributed by atoms with Crippen LogP contribution in [0.4, 0.5) is 0 Å². The summed E-state index contributed by atoms with van der Waals surface area (Å²) >= 11 is 0. The molecule has 0 aromatic heterocycles. The van der Waals surface area contributed by atoms with Crippen LogP contribution in [0.1, 0.15) is 74.7 Å². The molecule has 0 spiro atoms. The number of nitrogens with zero attached hydrogens (tertiary/aromatic N) is 1. The standard InChI is InChI=1S/C32H56N2O10/c1-12-14-41-31(8)16-17(3)33-28(38)21(7)26(37)32(9,40)23(13-2)43-29(39)20(6)24(35)19(5)27(31)44-30-25(36)22(34(10)11)15-18(4)42-30/h12,17-23,25-27,30,36-37,40H,1,13-16H2,2-11H3,(H,33,38)/t17-,18-,19+,20-,21-,22+,23-,25-,26+,27-,30+,31-,32+/m1/s1. The number of hydrogen-bond acceptors (Lipinski definition) is 11. The number of carbonyl (C=O) groups excluding carboxylic acids is 3. The summed E-state index contributed by atoms with van der Waals surface area (Å²) in [5, 5.41) is 36.5. The number of Topliss-reactive ketones (excluding diaryl/α,β-unsaturated/α-hetero) is 1. The van der Waals surface area contributed by atoms with E-state index in [4.69, 9.17) is 18.9 Å². The van der Waals surface area contributed by atoms with Gasteiger partial charge >= 0.3 is 5.97 Å². The van der Waals surface area contributed by atoms with Gasteiger partial charge in [0.2, 0.25) is 5.91 Å². The molecule has 0 unspecified atom stereocenters. The Morgan fingerprint density at radius 1 is 1.09 bits per heavy atom. The molecule has 12 heteroatoms. The summed E-state index contributed by atoms with van der Waals surface area (Å²) in [5.41, 5.74) is -3.25. The molecule has 0 aromatic carbocycles. The van der Waals surface area contributed by atoms with Crippen molar-refractivity contribution in [2.75, 3.05) is 20.7 Å². The number of hydrogen-bond donors (Lipinski definition) is 4. The van der Waals surface area contributed by atoms with Crippen molar-refractivity contribution in [2.45, 2.75) is 135 Å². The highest BCUT2D eigenvalue weighted by molar-refractivity contribution is 6.00. The number of ether oxygens (including phenoxy) is 4. The van der Waals surface area contributed by atoms with Crippen LogP contribution >= 0.6 is 0 Å². The first-order chi connectivity index (χ1) is 20.3. The zero-order chi connectivity index (χ0) is 33.7. The van der Waals surface area contributed by atoms with Gasteiger partial charge in [0.25, 0.3) is 0 Å². The van der Waals surface area contributed by atoms with Gasteiger partial charge in [-0.2, -0.15) is 0 Å². The monoisotopic (exact) mass is 628 g/mol. The van der Waals surface area contributed by atoms with E-state index in [1.165, 1.54) is 20.8 Å². The predicted molar refractivity (Wildman–Crippen MR) is 163 cm³/mol. The zero-order valence-electron chi connectivity index (χ0n) is 28.1. The summed E-state index contributed by atoms with van der Waals surface area (Å²) in [6.07, 6.45) is -3.90. The predicted octanol–water partition coefficient (Wildman–Crippen LogP) is 1.58. The van der Waals surface area contributed by atoms with E-state index in [1.54, 1.807) is 33.8 Å². The van der Waals surface area contributed by atoms with Crippen molar-refractivity contribution < 1.29 is 48.7 Å². The quantitative estimate of drug-likeness (QED) is 0.184. The van der Waals surface area contributed by atoms with Gasteiger partial charge < -0.3 is 44.5 Å². The minimum absolute atomic E-state index is 0.0799. The average Bonchev–Trinajstić information content (AvgIpc) is 2.95. The van der Waals surface area contributed by atoms with E-state index in [2.05, 4.69) is 11.9 Å². The van der Waals surface area contributed by atoms with Crippen molar-refractivity contribution in [3.8, 4) is 0 Å². The van der Waals surface area contributed by atoms with Crippen molar-refractivity contribution in [2.24, 2.45) is 17.8 Å². The Morgan fingerprint density at radius 2 is 1.70 bits per heavy atom. The average molecular weight is 629 g/mol. The van der Waals surface area contributed by atoms with Gasteiger partial charge in [-0.3, -0.25) is 14.4 Å². The van der Waals surface area contributed by atoms with Crippen molar-refractivity contribution in [1.82, 2.24) is 10.2 Å². The first-order valence-electron chi connectivity index (χ1n) is 15.7. The van der Waals surface area contributed by atoms with Gasteiger partial charge in [0, 0.05) is 18.0 Å². The fourth-order valence-electron chi connectivity index (χ4n) is 6.49. The molecule has 2 fully saturated rings. The van der Waals surface area contributed by atoms with Gasteiger partial charge in [-0.25, -0.2) is 0 Å². The summed E-state index contributed by atoms with van der Waals surface area (Å²) in [7, 11) is 3.71. The Kier molecular flexibility index (Phi) is 13.5. The van der Waals surface area contributed by atoms with Gasteiger partial charge in [0.1, 0.15) is 23.7 Å². The molecule has 44 heavy (non-hydrogen) atoms. The number of rotatable bonds is 7. The highest BCUT2D eigenvalue weighted by Gasteiger charge is 2.51. The molecule has 0 saturated carbocycles. The highest BCUT2D eigenvalue weighted by atomic mass is 16.7.